The van der Waals surface area contributed by atoms with Gasteiger partial charge in [0.15, 0.2) is 5.13 Å². The van der Waals surface area contributed by atoms with Gasteiger partial charge >= 0.3 is 0 Å². The van der Waals surface area contributed by atoms with Gasteiger partial charge in [0.25, 0.3) is 0 Å². The predicted molar refractivity (Wildman–Crippen MR) is 93.3 cm³/mol. The van der Waals surface area contributed by atoms with Crippen LogP contribution in [0.3, 0.4) is 0 Å². The molecule has 0 amide bonds. The van der Waals surface area contributed by atoms with E-state index in [1.54, 1.807) is 0 Å². The molecular formula is C17H31N3S. The molecule has 3 nitrogen and oxygen atoms in total. The zero-order chi connectivity index (χ0) is 15.5. The van der Waals surface area contributed by atoms with E-state index in [9.17, 15) is 0 Å². The van der Waals surface area contributed by atoms with Gasteiger partial charge in [0, 0.05) is 23.5 Å². The van der Waals surface area contributed by atoms with Crippen LogP contribution >= 0.6 is 11.3 Å². The van der Waals surface area contributed by atoms with Crippen LogP contribution in [-0.2, 0) is 13.0 Å². The van der Waals surface area contributed by atoms with Crippen molar-refractivity contribution in [3.63, 3.8) is 0 Å². The Balaban J connectivity index is 2.12. The molecule has 0 spiro atoms. The third-order valence-electron chi connectivity index (χ3n) is 4.22. The number of thiazole rings is 1. The second kappa shape index (κ2) is 7.10. The highest BCUT2D eigenvalue weighted by Gasteiger charge is 2.34. The van der Waals surface area contributed by atoms with Gasteiger partial charge in [-0.05, 0) is 45.6 Å². The molecule has 1 aliphatic heterocycles. The first kappa shape index (κ1) is 16.8. The number of anilines is 1. The number of aromatic nitrogens is 1. The van der Waals surface area contributed by atoms with Crippen molar-refractivity contribution in [2.24, 2.45) is 5.92 Å². The average molecular weight is 310 g/mol. The maximum atomic E-state index is 4.98. The molecule has 1 fully saturated rings. The van der Waals surface area contributed by atoms with Crippen molar-refractivity contribution < 1.29 is 0 Å². The maximum Gasteiger partial charge on any atom is 0.186 e. The van der Waals surface area contributed by atoms with Crippen molar-refractivity contribution in [1.82, 2.24) is 10.3 Å². The SMILES string of the molecule is CCCc1nc(N2CCCC2(C)C)sc1CNCC(C)C. The summed E-state index contributed by atoms with van der Waals surface area (Å²) in [5, 5.41) is 4.81. The normalized spacial score (nSPS) is 17.9. The molecular weight excluding hydrogens is 278 g/mol. The second-order valence-electron chi connectivity index (χ2n) is 7.21. The summed E-state index contributed by atoms with van der Waals surface area (Å²) < 4.78 is 0. The Morgan fingerprint density at radius 2 is 2.14 bits per heavy atom. The molecule has 0 aliphatic carbocycles. The molecule has 0 atom stereocenters. The van der Waals surface area contributed by atoms with Crippen LogP contribution in [0.25, 0.3) is 0 Å². The first-order valence-electron chi connectivity index (χ1n) is 8.41. The number of hydrogen-bond acceptors (Lipinski definition) is 4. The van der Waals surface area contributed by atoms with E-state index in [4.69, 9.17) is 4.98 Å². The van der Waals surface area contributed by atoms with Gasteiger partial charge in [0.05, 0.1) is 5.69 Å². The van der Waals surface area contributed by atoms with Crippen LogP contribution in [0.2, 0.25) is 0 Å². The Morgan fingerprint density at radius 1 is 1.38 bits per heavy atom. The topological polar surface area (TPSA) is 28.2 Å². The quantitative estimate of drug-likeness (QED) is 0.817. The highest BCUT2D eigenvalue weighted by Crippen LogP contribution is 2.37. The van der Waals surface area contributed by atoms with E-state index in [0.717, 1.165) is 26.1 Å². The van der Waals surface area contributed by atoms with Gasteiger partial charge in [0.1, 0.15) is 0 Å². The summed E-state index contributed by atoms with van der Waals surface area (Å²) in [6, 6.07) is 0. The molecule has 120 valence electrons. The molecule has 1 aromatic rings. The smallest absolute Gasteiger partial charge is 0.186 e. The molecule has 4 heteroatoms. The lowest BCUT2D eigenvalue weighted by atomic mass is 10.0. The number of aryl methyl sites for hydroxylation is 1. The molecule has 2 heterocycles. The number of hydrogen-bond donors (Lipinski definition) is 1. The zero-order valence-corrected chi connectivity index (χ0v) is 15.1. The lowest BCUT2D eigenvalue weighted by Crippen LogP contribution is -2.38. The monoisotopic (exact) mass is 309 g/mol. The number of nitrogens with one attached hydrogen (secondary N) is 1. The highest BCUT2D eigenvalue weighted by molar-refractivity contribution is 7.15. The molecule has 0 saturated carbocycles. The first-order valence-corrected chi connectivity index (χ1v) is 9.22. The first-order chi connectivity index (χ1) is 9.94. The van der Waals surface area contributed by atoms with Crippen LogP contribution in [0, 0.1) is 5.92 Å². The van der Waals surface area contributed by atoms with Gasteiger partial charge in [-0.3, -0.25) is 0 Å². The van der Waals surface area contributed by atoms with Crippen molar-refractivity contribution in [2.75, 3.05) is 18.0 Å². The second-order valence-corrected chi connectivity index (χ2v) is 8.27. The molecule has 1 aromatic heterocycles. The molecule has 2 rings (SSSR count). The van der Waals surface area contributed by atoms with E-state index in [2.05, 4.69) is 44.8 Å². The van der Waals surface area contributed by atoms with Crippen molar-refractivity contribution >= 4 is 16.5 Å². The summed E-state index contributed by atoms with van der Waals surface area (Å²) in [6.07, 6.45) is 4.83. The molecule has 0 bridgehead atoms. The Hall–Kier alpha value is -0.610. The average Bonchev–Trinajstić information content (AvgIpc) is 2.93. The van der Waals surface area contributed by atoms with Crippen LogP contribution < -0.4 is 10.2 Å². The van der Waals surface area contributed by atoms with E-state index in [-0.39, 0.29) is 5.54 Å². The summed E-state index contributed by atoms with van der Waals surface area (Å²) in [5.41, 5.74) is 1.58. The van der Waals surface area contributed by atoms with Crippen molar-refractivity contribution in [1.29, 1.82) is 0 Å². The fraction of sp³-hybridized carbons (Fsp3) is 0.824. The van der Waals surface area contributed by atoms with Crippen LogP contribution in [0.1, 0.15) is 64.5 Å². The highest BCUT2D eigenvalue weighted by atomic mass is 32.1. The van der Waals surface area contributed by atoms with Gasteiger partial charge in [-0.25, -0.2) is 4.98 Å². The van der Waals surface area contributed by atoms with Crippen molar-refractivity contribution in [2.45, 2.75) is 72.4 Å². The third kappa shape index (κ3) is 4.19. The fourth-order valence-corrected chi connectivity index (χ4v) is 4.26. The minimum atomic E-state index is 0.268. The summed E-state index contributed by atoms with van der Waals surface area (Å²) in [6.45, 7) is 14.6. The Bertz CT molecular complexity index is 451. The Labute approximate surface area is 134 Å². The summed E-state index contributed by atoms with van der Waals surface area (Å²) in [5.74, 6) is 0.699. The predicted octanol–water partition coefficient (Wildman–Crippen LogP) is 4.22. The van der Waals surface area contributed by atoms with Gasteiger partial charge in [-0.1, -0.05) is 27.2 Å². The third-order valence-corrected chi connectivity index (χ3v) is 5.34. The largest absolute Gasteiger partial charge is 0.343 e. The Kier molecular flexibility index (Phi) is 5.67. The molecule has 1 aliphatic rings. The van der Waals surface area contributed by atoms with Crippen molar-refractivity contribution in [3.8, 4) is 0 Å². The van der Waals surface area contributed by atoms with Gasteiger partial charge < -0.3 is 10.2 Å². The maximum absolute atomic E-state index is 4.98. The Morgan fingerprint density at radius 3 is 2.71 bits per heavy atom. The van der Waals surface area contributed by atoms with E-state index < -0.39 is 0 Å². The molecule has 0 unspecified atom stereocenters. The minimum Gasteiger partial charge on any atom is -0.343 e. The molecule has 1 saturated heterocycles. The van der Waals surface area contributed by atoms with E-state index >= 15 is 0 Å². The molecule has 0 aromatic carbocycles. The van der Waals surface area contributed by atoms with Crippen LogP contribution in [0.4, 0.5) is 5.13 Å². The lowest BCUT2D eigenvalue weighted by Gasteiger charge is -2.31. The minimum absolute atomic E-state index is 0.268. The van der Waals surface area contributed by atoms with Crippen LogP contribution in [-0.4, -0.2) is 23.6 Å². The standard InChI is InChI=1S/C17H31N3S/c1-6-8-14-15(12-18-11-13(2)3)21-16(19-14)20-10-7-9-17(20,4)5/h13,18H,6-12H2,1-5H3. The summed E-state index contributed by atoms with van der Waals surface area (Å²) in [7, 11) is 0. The van der Waals surface area contributed by atoms with E-state index in [0.29, 0.717) is 5.92 Å². The van der Waals surface area contributed by atoms with Crippen LogP contribution in [0.15, 0.2) is 0 Å². The lowest BCUT2D eigenvalue weighted by molar-refractivity contribution is 0.517. The van der Waals surface area contributed by atoms with Crippen LogP contribution in [0.5, 0.6) is 0 Å². The zero-order valence-electron chi connectivity index (χ0n) is 14.3. The van der Waals surface area contributed by atoms with Gasteiger partial charge in [0.2, 0.25) is 0 Å². The molecule has 21 heavy (non-hydrogen) atoms. The van der Waals surface area contributed by atoms with Gasteiger partial charge in [-0.15, -0.1) is 11.3 Å². The summed E-state index contributed by atoms with van der Waals surface area (Å²) in [4.78, 5) is 8.94. The molecule has 1 N–H and O–H groups in total. The van der Waals surface area contributed by atoms with Gasteiger partial charge in [-0.2, -0.15) is 0 Å². The number of nitrogens with zero attached hydrogens (tertiary/aromatic N) is 2. The fourth-order valence-electron chi connectivity index (χ4n) is 2.99. The van der Waals surface area contributed by atoms with E-state index in [1.807, 2.05) is 11.3 Å². The van der Waals surface area contributed by atoms with Crippen molar-refractivity contribution in [3.05, 3.63) is 10.6 Å². The number of rotatable bonds is 7. The van der Waals surface area contributed by atoms with E-state index in [1.165, 1.54) is 35.0 Å². The molecule has 0 radical (unpaired) electrons. The summed E-state index contributed by atoms with van der Waals surface area (Å²) >= 11 is 1.90.